The molecule has 1 aromatic carbocycles. The number of benzene rings is 1. The zero-order chi connectivity index (χ0) is 14.0. The molecule has 0 aliphatic heterocycles. The summed E-state index contributed by atoms with van der Waals surface area (Å²) in [6.07, 6.45) is 0.671. The Kier molecular flexibility index (Phi) is 4.12. The molecule has 2 rings (SSSR count). The van der Waals surface area contributed by atoms with Gasteiger partial charge >= 0.3 is 0 Å². The van der Waals surface area contributed by atoms with Gasteiger partial charge in [-0.3, -0.25) is 0 Å². The summed E-state index contributed by atoms with van der Waals surface area (Å²) in [7, 11) is 0. The highest BCUT2D eigenvalue weighted by molar-refractivity contribution is 6.42. The van der Waals surface area contributed by atoms with Crippen LogP contribution in [-0.2, 0) is 6.42 Å². The lowest BCUT2D eigenvalue weighted by Crippen LogP contribution is -2.04. The normalized spacial score (nSPS) is 10.5. The third-order valence-corrected chi connectivity index (χ3v) is 3.43. The molecule has 6 heteroatoms. The van der Waals surface area contributed by atoms with Crippen molar-refractivity contribution in [2.24, 2.45) is 0 Å². The Morgan fingerprint density at radius 3 is 2.68 bits per heavy atom. The largest absolute Gasteiger partial charge is 0.437 e. The summed E-state index contributed by atoms with van der Waals surface area (Å²) < 4.78 is 5.70. The fourth-order valence-corrected chi connectivity index (χ4v) is 1.81. The first-order chi connectivity index (χ1) is 9.02. The summed E-state index contributed by atoms with van der Waals surface area (Å²) in [4.78, 5) is 8.46. The maximum absolute atomic E-state index is 6.08. The Balaban J connectivity index is 2.43. The minimum atomic E-state index is 0.346. The van der Waals surface area contributed by atoms with Crippen LogP contribution in [0.2, 0.25) is 10.0 Å². The van der Waals surface area contributed by atoms with Gasteiger partial charge in [-0.15, -0.1) is 0 Å². The van der Waals surface area contributed by atoms with E-state index in [0.717, 1.165) is 0 Å². The van der Waals surface area contributed by atoms with Crippen LogP contribution in [0.15, 0.2) is 18.2 Å². The first-order valence-electron chi connectivity index (χ1n) is 5.77. The molecular weight excluding hydrogens is 285 g/mol. The summed E-state index contributed by atoms with van der Waals surface area (Å²) >= 11 is 12.0. The molecule has 0 bridgehead atoms. The van der Waals surface area contributed by atoms with E-state index in [4.69, 9.17) is 33.7 Å². The minimum absolute atomic E-state index is 0.346. The van der Waals surface area contributed by atoms with E-state index in [9.17, 15) is 0 Å². The van der Waals surface area contributed by atoms with Crippen LogP contribution in [0.5, 0.6) is 11.6 Å². The van der Waals surface area contributed by atoms with E-state index in [1.807, 2.05) is 6.92 Å². The molecule has 2 aromatic rings. The van der Waals surface area contributed by atoms with Crippen LogP contribution in [0.3, 0.4) is 0 Å². The molecule has 1 heterocycles. The van der Waals surface area contributed by atoms with Gasteiger partial charge < -0.3 is 10.5 Å². The number of anilines is 1. The third kappa shape index (κ3) is 2.91. The van der Waals surface area contributed by atoms with E-state index < -0.39 is 0 Å². The Morgan fingerprint density at radius 1 is 1.26 bits per heavy atom. The molecule has 19 heavy (non-hydrogen) atoms. The van der Waals surface area contributed by atoms with Gasteiger partial charge in [0.2, 0.25) is 5.88 Å². The fraction of sp³-hybridized carbons (Fsp3) is 0.231. The second-order valence-corrected chi connectivity index (χ2v) is 4.75. The van der Waals surface area contributed by atoms with E-state index in [1.165, 1.54) is 0 Å². The Bertz CT molecular complexity index is 617. The van der Waals surface area contributed by atoms with Gasteiger partial charge in [-0.2, -0.15) is 4.98 Å². The second kappa shape index (κ2) is 5.63. The van der Waals surface area contributed by atoms with Gasteiger partial charge in [0, 0.05) is 6.42 Å². The number of hydrogen-bond donors (Lipinski definition) is 1. The highest BCUT2D eigenvalue weighted by Crippen LogP contribution is 2.35. The molecule has 0 radical (unpaired) electrons. The smallest absolute Gasteiger partial charge is 0.227 e. The summed E-state index contributed by atoms with van der Waals surface area (Å²) in [6, 6.07) is 5.16. The van der Waals surface area contributed by atoms with Gasteiger partial charge in [-0.25, -0.2) is 4.98 Å². The average Bonchev–Trinajstić information content (AvgIpc) is 2.39. The molecule has 2 N–H and O–H groups in total. The maximum atomic E-state index is 6.08. The monoisotopic (exact) mass is 297 g/mol. The van der Waals surface area contributed by atoms with Crippen LogP contribution in [0.4, 0.5) is 5.82 Å². The standard InChI is InChI=1S/C13H13Cl2N3O/c1-3-10-17-12(16)7(2)13(18-10)19-9-6-4-5-8(14)11(9)15/h4-6H,3H2,1-2H3,(H2,16,17,18). The molecule has 100 valence electrons. The summed E-state index contributed by atoms with van der Waals surface area (Å²) in [6.45, 7) is 3.74. The number of rotatable bonds is 3. The molecule has 0 spiro atoms. The first-order valence-corrected chi connectivity index (χ1v) is 6.53. The highest BCUT2D eigenvalue weighted by atomic mass is 35.5. The van der Waals surface area contributed by atoms with Crippen molar-refractivity contribution in [3.05, 3.63) is 39.6 Å². The molecule has 0 atom stereocenters. The van der Waals surface area contributed by atoms with Crippen molar-refractivity contribution in [2.45, 2.75) is 20.3 Å². The van der Waals surface area contributed by atoms with Crippen molar-refractivity contribution >= 4 is 29.0 Å². The van der Waals surface area contributed by atoms with E-state index in [-0.39, 0.29) is 0 Å². The topological polar surface area (TPSA) is 61.0 Å². The Morgan fingerprint density at radius 2 is 2.00 bits per heavy atom. The number of nitrogen functional groups attached to an aromatic ring is 1. The number of aryl methyl sites for hydroxylation is 1. The van der Waals surface area contributed by atoms with Crippen LogP contribution in [0, 0.1) is 6.92 Å². The number of nitrogens with zero attached hydrogens (tertiary/aromatic N) is 2. The van der Waals surface area contributed by atoms with Crippen LogP contribution in [-0.4, -0.2) is 9.97 Å². The zero-order valence-corrected chi connectivity index (χ0v) is 12.1. The highest BCUT2D eigenvalue weighted by Gasteiger charge is 2.13. The fourth-order valence-electron chi connectivity index (χ4n) is 1.48. The maximum Gasteiger partial charge on any atom is 0.227 e. The van der Waals surface area contributed by atoms with Gasteiger partial charge in [0.15, 0.2) is 0 Å². The number of nitrogens with two attached hydrogens (primary N) is 1. The van der Waals surface area contributed by atoms with Gasteiger partial charge in [-0.1, -0.05) is 36.2 Å². The van der Waals surface area contributed by atoms with Crippen molar-refractivity contribution in [3.8, 4) is 11.6 Å². The van der Waals surface area contributed by atoms with Crippen molar-refractivity contribution in [1.29, 1.82) is 0 Å². The van der Waals surface area contributed by atoms with Crippen LogP contribution < -0.4 is 10.5 Å². The molecule has 0 aliphatic rings. The molecule has 4 nitrogen and oxygen atoms in total. The molecule has 0 saturated carbocycles. The molecular formula is C13H13Cl2N3O. The zero-order valence-electron chi connectivity index (χ0n) is 10.6. The SMILES string of the molecule is CCc1nc(N)c(C)c(Oc2cccc(Cl)c2Cl)n1. The summed E-state index contributed by atoms with van der Waals surface area (Å²) in [5, 5.41) is 0.772. The molecule has 1 aromatic heterocycles. The van der Waals surface area contributed by atoms with Gasteiger partial charge in [0.1, 0.15) is 22.4 Å². The van der Waals surface area contributed by atoms with E-state index in [1.54, 1.807) is 25.1 Å². The number of aromatic nitrogens is 2. The predicted molar refractivity (Wildman–Crippen MR) is 77.1 cm³/mol. The Hall–Kier alpha value is -1.52. The van der Waals surface area contributed by atoms with E-state index in [0.29, 0.717) is 45.3 Å². The molecule has 0 amide bonds. The van der Waals surface area contributed by atoms with Crippen molar-refractivity contribution in [2.75, 3.05) is 5.73 Å². The van der Waals surface area contributed by atoms with Crippen LogP contribution in [0.1, 0.15) is 18.3 Å². The lowest BCUT2D eigenvalue weighted by atomic mass is 10.3. The lowest BCUT2D eigenvalue weighted by Gasteiger charge is -2.11. The number of ether oxygens (including phenoxy) is 1. The summed E-state index contributed by atoms with van der Waals surface area (Å²) in [5.41, 5.74) is 6.50. The molecule has 0 fully saturated rings. The Labute approximate surface area is 121 Å². The van der Waals surface area contributed by atoms with Gasteiger partial charge in [0.25, 0.3) is 0 Å². The van der Waals surface area contributed by atoms with Crippen molar-refractivity contribution in [1.82, 2.24) is 9.97 Å². The quantitative estimate of drug-likeness (QED) is 0.929. The minimum Gasteiger partial charge on any atom is -0.437 e. The predicted octanol–water partition coefficient (Wildman–Crippen LogP) is 4.03. The third-order valence-electron chi connectivity index (χ3n) is 2.62. The average molecular weight is 298 g/mol. The van der Waals surface area contributed by atoms with Crippen LogP contribution >= 0.6 is 23.2 Å². The molecule has 0 saturated heterocycles. The first kappa shape index (κ1) is 13.9. The molecule has 0 unspecified atom stereocenters. The number of halogens is 2. The summed E-state index contributed by atoms with van der Waals surface area (Å²) in [5.74, 6) is 1.86. The lowest BCUT2D eigenvalue weighted by molar-refractivity contribution is 0.455. The van der Waals surface area contributed by atoms with E-state index in [2.05, 4.69) is 9.97 Å². The van der Waals surface area contributed by atoms with E-state index >= 15 is 0 Å². The van der Waals surface area contributed by atoms with Crippen molar-refractivity contribution in [3.63, 3.8) is 0 Å². The number of hydrogen-bond acceptors (Lipinski definition) is 4. The van der Waals surface area contributed by atoms with Crippen LogP contribution in [0.25, 0.3) is 0 Å². The van der Waals surface area contributed by atoms with Crippen molar-refractivity contribution < 1.29 is 4.74 Å². The molecule has 0 aliphatic carbocycles. The van der Waals surface area contributed by atoms with Gasteiger partial charge in [-0.05, 0) is 19.1 Å². The second-order valence-electron chi connectivity index (χ2n) is 3.96. The van der Waals surface area contributed by atoms with Gasteiger partial charge in [0.05, 0.1) is 10.6 Å².